The molecule has 0 saturated heterocycles. The largest absolute Gasteiger partial charge is 0.392 e. The maximum atomic E-state index is 13.0. The van der Waals surface area contributed by atoms with Gasteiger partial charge in [-0.3, -0.25) is 5.10 Å². The molecule has 3 rings (SSSR count). The highest BCUT2D eigenvalue weighted by Crippen LogP contribution is 2.27. The Morgan fingerprint density at radius 1 is 1.12 bits per heavy atom. The zero-order chi connectivity index (χ0) is 16.9. The van der Waals surface area contributed by atoms with Gasteiger partial charge in [-0.05, 0) is 41.8 Å². The second-order valence-electron chi connectivity index (χ2n) is 5.47. The molecule has 0 fully saturated rings. The van der Waals surface area contributed by atoms with Crippen LogP contribution in [0.25, 0.3) is 0 Å². The molecule has 6 heteroatoms. The van der Waals surface area contributed by atoms with Gasteiger partial charge in [0.1, 0.15) is 12.1 Å². The zero-order valence-electron chi connectivity index (χ0n) is 12.7. The van der Waals surface area contributed by atoms with Crippen LogP contribution in [0.5, 0.6) is 0 Å². The van der Waals surface area contributed by atoms with Gasteiger partial charge in [0.15, 0.2) is 5.82 Å². The van der Waals surface area contributed by atoms with Gasteiger partial charge in [0, 0.05) is 0 Å². The van der Waals surface area contributed by atoms with E-state index in [1.165, 1.54) is 18.5 Å². The summed E-state index contributed by atoms with van der Waals surface area (Å²) >= 11 is 0. The number of nitrogens with one attached hydrogen (secondary N) is 1. The summed E-state index contributed by atoms with van der Waals surface area (Å²) in [6.07, 6.45) is 0.995. The topological polar surface area (TPSA) is 85.6 Å². The molecule has 0 aliphatic heterocycles. The first kappa shape index (κ1) is 15.8. The average Bonchev–Trinajstić information content (AvgIpc) is 3.12. The maximum Gasteiger partial charge on any atom is 0.160 e. The summed E-state index contributed by atoms with van der Waals surface area (Å²) in [5, 5.41) is 26.4. The average molecular weight is 322 g/mol. The summed E-state index contributed by atoms with van der Waals surface area (Å²) in [6, 6.07) is 15.0. The summed E-state index contributed by atoms with van der Waals surface area (Å²) in [6.45, 7) is 0. The molecule has 0 radical (unpaired) electrons. The number of hydrogen-bond donors (Lipinski definition) is 2. The van der Waals surface area contributed by atoms with Gasteiger partial charge >= 0.3 is 0 Å². The Morgan fingerprint density at radius 3 is 2.42 bits per heavy atom. The molecule has 0 saturated carbocycles. The number of aliphatic hydroxyl groups is 1. The highest BCUT2D eigenvalue weighted by molar-refractivity contribution is 5.36. The Kier molecular flexibility index (Phi) is 4.64. The minimum Gasteiger partial charge on any atom is -0.392 e. The van der Waals surface area contributed by atoms with Crippen LogP contribution < -0.4 is 0 Å². The first-order valence-electron chi connectivity index (χ1n) is 7.45. The molecule has 0 aliphatic carbocycles. The van der Waals surface area contributed by atoms with Crippen LogP contribution in [0.3, 0.4) is 0 Å². The second kappa shape index (κ2) is 7.02. The SMILES string of the molecule is N#Cc1ccc(C(c2nc[nH]n2)C(O)Cc2ccc(F)cc2)cc1. The molecule has 3 aromatic rings. The number of H-pyrrole nitrogens is 1. The minimum atomic E-state index is -0.792. The van der Waals surface area contributed by atoms with E-state index in [9.17, 15) is 9.50 Å². The van der Waals surface area contributed by atoms with Gasteiger partial charge < -0.3 is 5.11 Å². The molecule has 120 valence electrons. The van der Waals surface area contributed by atoms with Crippen molar-refractivity contribution in [2.24, 2.45) is 0 Å². The first-order valence-corrected chi connectivity index (χ1v) is 7.45. The molecule has 1 aromatic heterocycles. The maximum absolute atomic E-state index is 13.0. The number of benzene rings is 2. The van der Waals surface area contributed by atoms with Crippen molar-refractivity contribution in [3.05, 3.63) is 83.2 Å². The Morgan fingerprint density at radius 2 is 1.83 bits per heavy atom. The van der Waals surface area contributed by atoms with Crippen LogP contribution in [0, 0.1) is 17.1 Å². The molecule has 2 atom stereocenters. The summed E-state index contributed by atoms with van der Waals surface area (Å²) in [4.78, 5) is 4.16. The third-order valence-corrected chi connectivity index (χ3v) is 3.85. The van der Waals surface area contributed by atoms with E-state index in [0.29, 0.717) is 17.8 Å². The van der Waals surface area contributed by atoms with Crippen molar-refractivity contribution >= 4 is 0 Å². The van der Waals surface area contributed by atoms with Gasteiger partial charge in [-0.25, -0.2) is 9.37 Å². The highest BCUT2D eigenvalue weighted by atomic mass is 19.1. The Bertz CT molecular complexity index is 823. The van der Waals surface area contributed by atoms with E-state index in [0.717, 1.165) is 11.1 Å². The van der Waals surface area contributed by atoms with Gasteiger partial charge in [-0.2, -0.15) is 10.4 Å². The van der Waals surface area contributed by atoms with Crippen molar-refractivity contribution in [3.63, 3.8) is 0 Å². The number of halogens is 1. The molecule has 5 nitrogen and oxygen atoms in total. The van der Waals surface area contributed by atoms with Crippen molar-refractivity contribution in [2.75, 3.05) is 0 Å². The van der Waals surface area contributed by atoms with Gasteiger partial charge in [0.25, 0.3) is 0 Å². The zero-order valence-corrected chi connectivity index (χ0v) is 12.7. The third kappa shape index (κ3) is 3.47. The predicted octanol–water partition coefficient (Wildman–Crippen LogP) is 2.55. The molecular weight excluding hydrogens is 307 g/mol. The highest BCUT2D eigenvalue weighted by Gasteiger charge is 2.26. The lowest BCUT2D eigenvalue weighted by Crippen LogP contribution is -2.23. The lowest BCUT2D eigenvalue weighted by Gasteiger charge is -2.21. The molecular formula is C18H15FN4O. The van der Waals surface area contributed by atoms with E-state index < -0.39 is 12.0 Å². The van der Waals surface area contributed by atoms with Crippen LogP contribution in [0.15, 0.2) is 54.9 Å². The Labute approximate surface area is 138 Å². The molecule has 24 heavy (non-hydrogen) atoms. The normalized spacial score (nSPS) is 13.2. The molecule has 1 heterocycles. The van der Waals surface area contributed by atoms with E-state index in [1.807, 2.05) is 0 Å². The number of rotatable bonds is 5. The van der Waals surface area contributed by atoms with E-state index in [4.69, 9.17) is 5.26 Å². The van der Waals surface area contributed by atoms with Crippen molar-refractivity contribution < 1.29 is 9.50 Å². The van der Waals surface area contributed by atoms with Gasteiger partial charge in [0.05, 0.1) is 23.7 Å². The number of nitrogens with zero attached hydrogens (tertiary/aromatic N) is 3. The quantitative estimate of drug-likeness (QED) is 0.756. The predicted molar refractivity (Wildman–Crippen MR) is 85.5 cm³/mol. The summed E-state index contributed by atoms with van der Waals surface area (Å²) in [5.41, 5.74) is 2.17. The number of nitriles is 1. The van der Waals surface area contributed by atoms with Crippen LogP contribution in [-0.4, -0.2) is 26.4 Å². The van der Waals surface area contributed by atoms with Crippen LogP contribution >= 0.6 is 0 Å². The molecule has 0 bridgehead atoms. The van der Waals surface area contributed by atoms with E-state index >= 15 is 0 Å². The lowest BCUT2D eigenvalue weighted by molar-refractivity contribution is 0.153. The van der Waals surface area contributed by atoms with Crippen molar-refractivity contribution in [2.45, 2.75) is 18.4 Å². The molecule has 2 aromatic carbocycles. The second-order valence-corrected chi connectivity index (χ2v) is 5.47. The summed E-state index contributed by atoms with van der Waals surface area (Å²) < 4.78 is 13.0. The van der Waals surface area contributed by atoms with Crippen LogP contribution in [0.2, 0.25) is 0 Å². The Hall–Kier alpha value is -3.04. The molecule has 2 N–H and O–H groups in total. The van der Waals surface area contributed by atoms with E-state index in [2.05, 4.69) is 21.3 Å². The van der Waals surface area contributed by atoms with Crippen LogP contribution in [0.4, 0.5) is 4.39 Å². The monoisotopic (exact) mass is 322 g/mol. The number of aromatic nitrogens is 3. The van der Waals surface area contributed by atoms with Crippen molar-refractivity contribution in [3.8, 4) is 6.07 Å². The van der Waals surface area contributed by atoms with Crippen molar-refractivity contribution in [1.29, 1.82) is 5.26 Å². The fourth-order valence-corrected chi connectivity index (χ4v) is 2.66. The van der Waals surface area contributed by atoms with Gasteiger partial charge in [-0.15, -0.1) is 0 Å². The number of aliphatic hydroxyl groups excluding tert-OH is 1. The van der Waals surface area contributed by atoms with Crippen LogP contribution in [0.1, 0.15) is 28.4 Å². The number of aromatic amines is 1. The smallest absolute Gasteiger partial charge is 0.160 e. The molecule has 0 amide bonds. The lowest BCUT2D eigenvalue weighted by atomic mass is 9.88. The fraction of sp³-hybridized carbons (Fsp3) is 0.167. The first-order chi connectivity index (χ1) is 11.7. The van der Waals surface area contributed by atoms with Gasteiger partial charge in [0.2, 0.25) is 0 Å². The Balaban J connectivity index is 1.89. The van der Waals surface area contributed by atoms with E-state index in [-0.39, 0.29) is 5.82 Å². The summed E-state index contributed by atoms with van der Waals surface area (Å²) in [5.74, 6) is -0.297. The third-order valence-electron chi connectivity index (χ3n) is 3.85. The fourth-order valence-electron chi connectivity index (χ4n) is 2.66. The van der Waals surface area contributed by atoms with Gasteiger partial charge in [-0.1, -0.05) is 24.3 Å². The van der Waals surface area contributed by atoms with E-state index in [1.54, 1.807) is 36.4 Å². The summed E-state index contributed by atoms with van der Waals surface area (Å²) in [7, 11) is 0. The number of hydrogen-bond acceptors (Lipinski definition) is 4. The molecule has 0 aliphatic rings. The van der Waals surface area contributed by atoms with Crippen LogP contribution in [-0.2, 0) is 6.42 Å². The molecule has 0 spiro atoms. The molecule has 2 unspecified atom stereocenters. The van der Waals surface area contributed by atoms with Crippen molar-refractivity contribution in [1.82, 2.24) is 15.2 Å². The minimum absolute atomic E-state index is 0.314. The standard InChI is InChI=1S/C18H15FN4O/c19-15-7-3-12(4-8-15)9-16(24)17(18-21-11-22-23-18)14-5-1-13(10-20)2-6-14/h1-8,11,16-17,24H,9H2,(H,21,22,23).